The van der Waals surface area contributed by atoms with Gasteiger partial charge in [0.25, 0.3) is 0 Å². The van der Waals surface area contributed by atoms with Crippen molar-refractivity contribution in [2.24, 2.45) is 0 Å². The Labute approximate surface area is 130 Å². The van der Waals surface area contributed by atoms with Crippen molar-refractivity contribution in [1.82, 2.24) is 4.90 Å². The van der Waals surface area contributed by atoms with Gasteiger partial charge in [0.2, 0.25) is 5.91 Å². The molecule has 0 atom stereocenters. The van der Waals surface area contributed by atoms with Crippen molar-refractivity contribution in [1.29, 1.82) is 0 Å². The van der Waals surface area contributed by atoms with Gasteiger partial charge in [-0.25, -0.2) is 0 Å². The van der Waals surface area contributed by atoms with E-state index in [4.69, 9.17) is 10.5 Å². The number of carbonyl (C=O) groups is 1. The Morgan fingerprint density at radius 1 is 1.32 bits per heavy atom. The smallest absolute Gasteiger partial charge is 0.235 e. The average Bonchev–Trinajstić information content (AvgIpc) is 2.73. The highest BCUT2D eigenvalue weighted by atomic mass is 16.5. The number of nitrogens with two attached hydrogens (primary N) is 1. The van der Waals surface area contributed by atoms with Crippen molar-refractivity contribution in [3.63, 3.8) is 0 Å². The number of fused-ring (bicyclic) bond motifs is 2. The van der Waals surface area contributed by atoms with Gasteiger partial charge < -0.3 is 20.7 Å². The molecule has 5 heteroatoms. The van der Waals surface area contributed by atoms with Gasteiger partial charge in [-0.2, -0.15) is 0 Å². The maximum Gasteiger partial charge on any atom is 0.235 e. The van der Waals surface area contributed by atoms with Crippen LogP contribution in [0.3, 0.4) is 0 Å². The summed E-state index contributed by atoms with van der Waals surface area (Å²) in [4.78, 5) is 14.7. The van der Waals surface area contributed by atoms with E-state index in [1.165, 1.54) is 0 Å². The first kappa shape index (κ1) is 13.9. The Bertz CT molecular complexity index is 617. The van der Waals surface area contributed by atoms with Crippen LogP contribution in [0.1, 0.15) is 37.7 Å². The van der Waals surface area contributed by atoms with E-state index < -0.39 is 0 Å². The second-order valence-corrected chi connectivity index (χ2v) is 6.95. The van der Waals surface area contributed by atoms with Crippen LogP contribution in [0.15, 0.2) is 12.1 Å². The summed E-state index contributed by atoms with van der Waals surface area (Å²) in [6, 6.07) is 3.81. The lowest BCUT2D eigenvalue weighted by atomic mass is 9.65. The molecule has 1 spiro atoms. The Morgan fingerprint density at radius 3 is 2.68 bits per heavy atom. The first-order valence-electron chi connectivity index (χ1n) is 8.19. The number of anilines is 2. The molecule has 0 unspecified atom stereocenters. The number of amides is 1. The first-order chi connectivity index (χ1) is 10.6. The van der Waals surface area contributed by atoms with Gasteiger partial charge in [0.05, 0.1) is 11.1 Å². The molecule has 1 aromatic carbocycles. The highest BCUT2D eigenvalue weighted by Crippen LogP contribution is 2.54. The molecule has 1 saturated heterocycles. The van der Waals surface area contributed by atoms with Crippen molar-refractivity contribution in [3.05, 3.63) is 17.7 Å². The Balaban J connectivity index is 1.64. The Morgan fingerprint density at radius 2 is 2.05 bits per heavy atom. The molecular weight excluding hydrogens is 278 g/mol. The zero-order valence-electron chi connectivity index (χ0n) is 13.0. The van der Waals surface area contributed by atoms with E-state index in [0.29, 0.717) is 5.69 Å². The molecule has 0 radical (unpaired) electrons. The zero-order chi connectivity index (χ0) is 15.3. The SMILES string of the molecule is CN1CCC(Oc2cc(N)cc3c2NC(=O)C32CCC2)CC1. The maximum atomic E-state index is 12.4. The largest absolute Gasteiger partial charge is 0.488 e. The number of rotatable bonds is 2. The summed E-state index contributed by atoms with van der Waals surface area (Å²) in [7, 11) is 2.13. The van der Waals surface area contributed by atoms with Gasteiger partial charge in [-0.3, -0.25) is 4.79 Å². The summed E-state index contributed by atoms with van der Waals surface area (Å²) >= 11 is 0. The fraction of sp³-hybridized carbons (Fsp3) is 0.588. The lowest BCUT2D eigenvalue weighted by Crippen LogP contribution is -2.40. The van der Waals surface area contributed by atoms with Crippen molar-refractivity contribution in [3.8, 4) is 5.75 Å². The predicted octanol–water partition coefficient (Wildman–Crippen LogP) is 2.12. The van der Waals surface area contributed by atoms with Gasteiger partial charge in [0.15, 0.2) is 0 Å². The van der Waals surface area contributed by atoms with Crippen LogP contribution >= 0.6 is 0 Å². The topological polar surface area (TPSA) is 67.6 Å². The second kappa shape index (κ2) is 4.88. The van der Waals surface area contributed by atoms with Crippen molar-refractivity contribution in [2.75, 3.05) is 31.2 Å². The van der Waals surface area contributed by atoms with Crippen LogP contribution in [-0.4, -0.2) is 37.0 Å². The molecular formula is C17H23N3O2. The third kappa shape index (κ3) is 1.99. The molecule has 22 heavy (non-hydrogen) atoms. The van der Waals surface area contributed by atoms with Crippen LogP contribution < -0.4 is 15.8 Å². The number of nitrogen functional groups attached to an aromatic ring is 1. The number of benzene rings is 1. The highest BCUT2D eigenvalue weighted by molar-refractivity contribution is 6.08. The number of piperidine rings is 1. The molecule has 2 heterocycles. The quantitative estimate of drug-likeness (QED) is 0.821. The van der Waals surface area contributed by atoms with Crippen molar-refractivity contribution in [2.45, 2.75) is 43.6 Å². The lowest BCUT2D eigenvalue weighted by Gasteiger charge is -2.36. The van der Waals surface area contributed by atoms with Gasteiger partial charge in [-0.15, -0.1) is 0 Å². The molecule has 3 N–H and O–H groups in total. The number of carbonyl (C=O) groups excluding carboxylic acids is 1. The van der Waals surface area contributed by atoms with Crippen LogP contribution in [0.25, 0.3) is 0 Å². The monoisotopic (exact) mass is 301 g/mol. The Kier molecular flexibility index (Phi) is 3.08. The molecule has 0 bridgehead atoms. The number of nitrogens with zero attached hydrogens (tertiary/aromatic N) is 1. The third-order valence-electron chi connectivity index (χ3n) is 5.48. The van der Waals surface area contributed by atoms with Crippen LogP contribution in [0.5, 0.6) is 5.75 Å². The maximum absolute atomic E-state index is 12.4. The zero-order valence-corrected chi connectivity index (χ0v) is 13.0. The third-order valence-corrected chi connectivity index (χ3v) is 5.48. The first-order valence-corrected chi connectivity index (χ1v) is 8.19. The van der Waals surface area contributed by atoms with E-state index in [1.807, 2.05) is 12.1 Å². The van der Waals surface area contributed by atoms with E-state index in [-0.39, 0.29) is 17.4 Å². The normalized spacial score (nSPS) is 24.0. The van der Waals surface area contributed by atoms with Gasteiger partial charge in [-0.05, 0) is 44.4 Å². The van der Waals surface area contributed by atoms with E-state index in [9.17, 15) is 4.79 Å². The molecule has 2 aliphatic heterocycles. The van der Waals surface area contributed by atoms with Crippen LogP contribution in [0.2, 0.25) is 0 Å². The Hall–Kier alpha value is -1.75. The molecule has 1 saturated carbocycles. The molecule has 0 aromatic heterocycles. The minimum absolute atomic E-state index is 0.118. The van der Waals surface area contributed by atoms with E-state index in [1.54, 1.807) is 0 Å². The molecule has 1 amide bonds. The van der Waals surface area contributed by atoms with Crippen molar-refractivity contribution >= 4 is 17.3 Å². The number of hydrogen-bond donors (Lipinski definition) is 2. The summed E-state index contributed by atoms with van der Waals surface area (Å²) in [6.07, 6.45) is 5.17. The van der Waals surface area contributed by atoms with E-state index in [2.05, 4.69) is 17.3 Å². The standard InChI is InChI=1S/C17H23N3O2/c1-20-7-3-12(4-8-20)22-14-10-11(18)9-13-15(14)19-16(21)17(13)5-2-6-17/h9-10,12H,2-8,18H2,1H3,(H,19,21). The van der Waals surface area contributed by atoms with E-state index >= 15 is 0 Å². The summed E-state index contributed by atoms with van der Waals surface area (Å²) in [5.41, 5.74) is 8.33. The van der Waals surface area contributed by atoms with Gasteiger partial charge in [0.1, 0.15) is 11.9 Å². The van der Waals surface area contributed by atoms with Crippen LogP contribution in [0.4, 0.5) is 11.4 Å². The minimum atomic E-state index is -0.338. The summed E-state index contributed by atoms with van der Waals surface area (Å²) in [5.74, 6) is 0.870. The molecule has 1 aromatic rings. The number of nitrogens with one attached hydrogen (secondary N) is 1. The second-order valence-electron chi connectivity index (χ2n) is 6.95. The van der Waals surface area contributed by atoms with Gasteiger partial charge in [0, 0.05) is 24.8 Å². The molecule has 4 rings (SSSR count). The number of ether oxygens (including phenoxy) is 1. The molecule has 5 nitrogen and oxygen atoms in total. The summed E-state index contributed by atoms with van der Waals surface area (Å²) in [6.45, 7) is 2.09. The predicted molar refractivity (Wildman–Crippen MR) is 86.2 cm³/mol. The molecule has 118 valence electrons. The molecule has 2 fully saturated rings. The van der Waals surface area contributed by atoms with Crippen molar-refractivity contribution < 1.29 is 9.53 Å². The average molecular weight is 301 g/mol. The highest BCUT2D eigenvalue weighted by Gasteiger charge is 2.52. The van der Waals surface area contributed by atoms with Gasteiger partial charge in [-0.1, -0.05) is 6.42 Å². The summed E-state index contributed by atoms with van der Waals surface area (Å²) in [5, 5.41) is 3.05. The number of hydrogen-bond acceptors (Lipinski definition) is 4. The molecule has 1 aliphatic carbocycles. The van der Waals surface area contributed by atoms with Crippen LogP contribution in [-0.2, 0) is 10.2 Å². The van der Waals surface area contributed by atoms with E-state index in [0.717, 1.165) is 62.2 Å². The fourth-order valence-electron chi connectivity index (χ4n) is 3.90. The van der Waals surface area contributed by atoms with Crippen LogP contribution in [0, 0.1) is 0 Å². The van der Waals surface area contributed by atoms with Gasteiger partial charge >= 0.3 is 0 Å². The minimum Gasteiger partial charge on any atom is -0.488 e. The molecule has 3 aliphatic rings. The lowest BCUT2D eigenvalue weighted by molar-refractivity contribution is -0.123. The number of likely N-dealkylation sites (tertiary alicyclic amines) is 1. The fourth-order valence-corrected chi connectivity index (χ4v) is 3.90. The summed E-state index contributed by atoms with van der Waals surface area (Å²) < 4.78 is 6.22.